The fourth-order valence-electron chi connectivity index (χ4n) is 3.37. The van der Waals surface area contributed by atoms with Crippen LogP contribution in [-0.2, 0) is 11.3 Å². The maximum Gasteiger partial charge on any atom is 0.191 e. The first-order valence-electron chi connectivity index (χ1n) is 9.22. The molecule has 0 bridgehead atoms. The molecule has 4 nitrogen and oxygen atoms in total. The molecule has 27 heavy (non-hydrogen) atoms. The molecule has 1 fully saturated rings. The van der Waals surface area contributed by atoms with E-state index in [2.05, 4.69) is 27.8 Å². The number of aliphatic imine (C=N–C) groups is 1. The van der Waals surface area contributed by atoms with Gasteiger partial charge in [-0.05, 0) is 36.6 Å². The monoisotopic (exact) mass is 373 g/mol. The number of ether oxygens (including phenoxy) is 1. The number of nitrogens with one attached hydrogen (secondary N) is 2. The summed E-state index contributed by atoms with van der Waals surface area (Å²) in [6, 6.07) is 13.6. The molecule has 144 valence electrons. The highest BCUT2D eigenvalue weighted by atomic mass is 19.1. The van der Waals surface area contributed by atoms with Crippen molar-refractivity contribution in [2.24, 2.45) is 10.9 Å². The third kappa shape index (κ3) is 5.26. The van der Waals surface area contributed by atoms with Crippen LogP contribution in [0.15, 0.2) is 53.5 Å². The Morgan fingerprint density at radius 3 is 2.74 bits per heavy atom. The average molecular weight is 373 g/mol. The van der Waals surface area contributed by atoms with E-state index in [0.29, 0.717) is 18.4 Å². The SMILES string of the molecule is CN=C(NCc1cc(F)ccc1F)NCC1CCCOC1c1ccccc1. The van der Waals surface area contributed by atoms with E-state index >= 15 is 0 Å². The highest BCUT2D eigenvalue weighted by molar-refractivity contribution is 5.79. The number of nitrogens with zero attached hydrogens (tertiary/aromatic N) is 1. The van der Waals surface area contributed by atoms with Crippen LogP contribution in [0.1, 0.15) is 30.1 Å². The zero-order chi connectivity index (χ0) is 19.1. The van der Waals surface area contributed by atoms with Gasteiger partial charge in [-0.1, -0.05) is 30.3 Å². The minimum Gasteiger partial charge on any atom is -0.373 e. The van der Waals surface area contributed by atoms with E-state index in [-0.39, 0.29) is 18.2 Å². The molecule has 0 radical (unpaired) electrons. The van der Waals surface area contributed by atoms with Crippen LogP contribution >= 0.6 is 0 Å². The van der Waals surface area contributed by atoms with Gasteiger partial charge in [0.1, 0.15) is 11.6 Å². The van der Waals surface area contributed by atoms with Crippen LogP contribution in [0.5, 0.6) is 0 Å². The molecule has 1 aliphatic heterocycles. The Hall–Kier alpha value is -2.47. The molecule has 1 aliphatic rings. The fraction of sp³-hybridized carbons (Fsp3) is 0.381. The Morgan fingerprint density at radius 2 is 1.96 bits per heavy atom. The minimum absolute atomic E-state index is 0.0474. The maximum absolute atomic E-state index is 13.8. The summed E-state index contributed by atoms with van der Waals surface area (Å²) in [6.07, 6.45) is 2.13. The number of guanidine groups is 1. The Bertz CT molecular complexity index is 767. The van der Waals surface area contributed by atoms with Crippen LogP contribution in [0.25, 0.3) is 0 Å². The Labute approximate surface area is 158 Å². The van der Waals surface area contributed by atoms with E-state index in [4.69, 9.17) is 4.74 Å². The molecule has 0 spiro atoms. The highest BCUT2D eigenvalue weighted by Crippen LogP contribution is 2.33. The molecule has 2 aromatic rings. The van der Waals surface area contributed by atoms with Crippen molar-refractivity contribution >= 4 is 5.96 Å². The van der Waals surface area contributed by atoms with Gasteiger partial charge < -0.3 is 15.4 Å². The number of benzene rings is 2. The summed E-state index contributed by atoms with van der Waals surface area (Å²) in [6.45, 7) is 1.61. The Morgan fingerprint density at radius 1 is 1.15 bits per heavy atom. The van der Waals surface area contributed by atoms with Gasteiger partial charge in [0.25, 0.3) is 0 Å². The molecule has 2 unspecified atom stereocenters. The second-order valence-corrected chi connectivity index (χ2v) is 6.65. The van der Waals surface area contributed by atoms with Crippen molar-refractivity contribution in [1.82, 2.24) is 10.6 Å². The van der Waals surface area contributed by atoms with Crippen LogP contribution in [0.3, 0.4) is 0 Å². The van der Waals surface area contributed by atoms with Gasteiger partial charge in [0, 0.05) is 38.2 Å². The minimum atomic E-state index is -0.457. The van der Waals surface area contributed by atoms with Crippen molar-refractivity contribution in [2.45, 2.75) is 25.5 Å². The summed E-state index contributed by atoms with van der Waals surface area (Å²) in [5.41, 5.74) is 1.44. The van der Waals surface area contributed by atoms with E-state index in [1.54, 1.807) is 7.05 Å². The number of hydrogen-bond donors (Lipinski definition) is 2. The van der Waals surface area contributed by atoms with E-state index in [9.17, 15) is 8.78 Å². The van der Waals surface area contributed by atoms with Crippen molar-refractivity contribution in [3.05, 3.63) is 71.3 Å². The van der Waals surface area contributed by atoms with E-state index < -0.39 is 11.6 Å². The van der Waals surface area contributed by atoms with Crippen molar-refractivity contribution < 1.29 is 13.5 Å². The molecule has 0 aliphatic carbocycles. The molecule has 3 rings (SSSR count). The molecule has 0 amide bonds. The first-order valence-corrected chi connectivity index (χ1v) is 9.22. The number of halogens is 2. The first kappa shape index (κ1) is 19.3. The smallest absolute Gasteiger partial charge is 0.191 e. The van der Waals surface area contributed by atoms with Crippen LogP contribution in [-0.4, -0.2) is 26.2 Å². The zero-order valence-electron chi connectivity index (χ0n) is 15.4. The Balaban J connectivity index is 1.57. The third-order valence-corrected chi connectivity index (χ3v) is 4.78. The van der Waals surface area contributed by atoms with Gasteiger partial charge in [-0.2, -0.15) is 0 Å². The lowest BCUT2D eigenvalue weighted by molar-refractivity contribution is -0.0265. The largest absolute Gasteiger partial charge is 0.373 e. The Kier molecular flexibility index (Phi) is 6.76. The predicted octanol–water partition coefficient (Wildman–Crippen LogP) is 3.80. The van der Waals surface area contributed by atoms with Crippen molar-refractivity contribution in [2.75, 3.05) is 20.2 Å². The first-order chi connectivity index (χ1) is 13.2. The van der Waals surface area contributed by atoms with E-state index in [1.165, 1.54) is 11.6 Å². The summed E-state index contributed by atoms with van der Waals surface area (Å²) in [4.78, 5) is 4.17. The van der Waals surface area contributed by atoms with Gasteiger partial charge in [-0.15, -0.1) is 0 Å². The molecule has 2 atom stereocenters. The second kappa shape index (κ2) is 9.46. The van der Waals surface area contributed by atoms with Crippen LogP contribution < -0.4 is 10.6 Å². The summed E-state index contributed by atoms with van der Waals surface area (Å²) in [5.74, 6) is -0.0352. The normalized spacial score (nSPS) is 20.3. The summed E-state index contributed by atoms with van der Waals surface area (Å²) in [5, 5.41) is 6.33. The van der Waals surface area contributed by atoms with Crippen molar-refractivity contribution in [3.8, 4) is 0 Å². The van der Waals surface area contributed by atoms with Gasteiger partial charge in [0.15, 0.2) is 5.96 Å². The molecule has 0 saturated carbocycles. The van der Waals surface area contributed by atoms with Gasteiger partial charge in [0.05, 0.1) is 6.10 Å². The topological polar surface area (TPSA) is 45.7 Å². The van der Waals surface area contributed by atoms with Gasteiger partial charge in [0.2, 0.25) is 0 Å². The molecule has 1 heterocycles. The number of hydrogen-bond acceptors (Lipinski definition) is 2. The predicted molar refractivity (Wildman–Crippen MR) is 102 cm³/mol. The quantitative estimate of drug-likeness (QED) is 0.619. The molecule has 2 aromatic carbocycles. The molecule has 6 heteroatoms. The van der Waals surface area contributed by atoms with Crippen LogP contribution in [0, 0.1) is 17.6 Å². The lowest BCUT2D eigenvalue weighted by atomic mass is 9.89. The molecule has 0 aromatic heterocycles. The maximum atomic E-state index is 13.8. The van der Waals surface area contributed by atoms with Crippen molar-refractivity contribution in [3.63, 3.8) is 0 Å². The zero-order valence-corrected chi connectivity index (χ0v) is 15.4. The van der Waals surface area contributed by atoms with E-state index in [0.717, 1.165) is 31.6 Å². The van der Waals surface area contributed by atoms with Crippen LogP contribution in [0.4, 0.5) is 8.78 Å². The number of rotatable bonds is 5. The summed E-state index contributed by atoms with van der Waals surface area (Å²) in [7, 11) is 1.66. The molecular weight excluding hydrogens is 348 g/mol. The van der Waals surface area contributed by atoms with Gasteiger partial charge in [-0.3, -0.25) is 4.99 Å². The average Bonchev–Trinajstić information content (AvgIpc) is 2.71. The highest BCUT2D eigenvalue weighted by Gasteiger charge is 2.27. The molecule has 1 saturated heterocycles. The third-order valence-electron chi connectivity index (χ3n) is 4.78. The summed E-state index contributed by atoms with van der Waals surface area (Å²) < 4.78 is 33.1. The van der Waals surface area contributed by atoms with Crippen molar-refractivity contribution in [1.29, 1.82) is 0 Å². The van der Waals surface area contributed by atoms with E-state index in [1.807, 2.05) is 18.2 Å². The van der Waals surface area contributed by atoms with Gasteiger partial charge in [-0.25, -0.2) is 8.78 Å². The second-order valence-electron chi connectivity index (χ2n) is 6.65. The van der Waals surface area contributed by atoms with Gasteiger partial charge >= 0.3 is 0 Å². The standard InChI is InChI=1S/C21H25F2N3O/c1-24-21(26-14-17-12-18(22)9-10-19(17)23)25-13-16-8-5-11-27-20(16)15-6-3-2-4-7-15/h2-4,6-7,9-10,12,16,20H,5,8,11,13-14H2,1H3,(H2,24,25,26). The molecular formula is C21H25F2N3O. The fourth-order valence-corrected chi connectivity index (χ4v) is 3.37. The van der Waals surface area contributed by atoms with Crippen LogP contribution in [0.2, 0.25) is 0 Å². The lowest BCUT2D eigenvalue weighted by Crippen LogP contribution is -2.41. The lowest BCUT2D eigenvalue weighted by Gasteiger charge is -2.32. The molecule has 2 N–H and O–H groups in total. The summed E-state index contributed by atoms with van der Waals surface area (Å²) >= 11 is 0.